The summed E-state index contributed by atoms with van der Waals surface area (Å²) in [6.07, 6.45) is 1.47. The van der Waals surface area contributed by atoms with Gasteiger partial charge in [-0.2, -0.15) is 0 Å². The molecular formula is C15H19BBrFO2. The Morgan fingerprint density at radius 2 is 1.75 bits per heavy atom. The first-order valence-corrected chi connectivity index (χ1v) is 7.41. The average molecular weight is 341 g/mol. The van der Waals surface area contributed by atoms with Gasteiger partial charge < -0.3 is 9.31 Å². The average Bonchev–Trinajstić information content (AvgIpc) is 2.54. The number of halogens is 2. The predicted octanol–water partition coefficient (Wildman–Crippen LogP) is 4.70. The number of hydrogen-bond donors (Lipinski definition) is 0. The van der Waals surface area contributed by atoms with E-state index in [0.29, 0.717) is 0 Å². The van der Waals surface area contributed by atoms with Crippen LogP contribution >= 0.6 is 15.9 Å². The summed E-state index contributed by atoms with van der Waals surface area (Å²) in [5.41, 5.74) is 0.320. The summed E-state index contributed by atoms with van der Waals surface area (Å²) in [7, 11) is -0.946. The molecule has 5 heteroatoms. The Labute approximate surface area is 128 Å². The lowest BCUT2D eigenvalue weighted by molar-refractivity contribution is 0.00578. The topological polar surface area (TPSA) is 18.5 Å². The van der Waals surface area contributed by atoms with Gasteiger partial charge in [-0.3, -0.25) is 0 Å². The van der Waals surface area contributed by atoms with Crippen LogP contribution in [0.3, 0.4) is 0 Å². The Morgan fingerprint density at radius 3 is 2.30 bits per heavy atom. The zero-order valence-electron chi connectivity index (χ0n) is 12.5. The van der Waals surface area contributed by atoms with Gasteiger partial charge in [0.1, 0.15) is 5.73 Å². The van der Waals surface area contributed by atoms with Crippen molar-refractivity contribution in [3.8, 4) is 0 Å². The highest BCUT2D eigenvalue weighted by Crippen LogP contribution is 2.39. The molecule has 1 aromatic rings. The number of rotatable bonds is 2. The minimum atomic E-state index is -0.946. The lowest BCUT2D eigenvalue weighted by Crippen LogP contribution is -2.41. The van der Waals surface area contributed by atoms with Gasteiger partial charge in [-0.25, -0.2) is 4.39 Å². The fraction of sp³-hybridized carbons (Fsp3) is 0.467. The van der Waals surface area contributed by atoms with E-state index in [1.807, 2.05) is 52.8 Å². The molecule has 1 heterocycles. The first-order valence-electron chi connectivity index (χ1n) is 6.62. The van der Waals surface area contributed by atoms with Crippen LogP contribution in [0.25, 0.3) is 6.08 Å². The maximum Gasteiger partial charge on any atom is 0.525 e. The van der Waals surface area contributed by atoms with Gasteiger partial charge in [-0.05, 0) is 57.9 Å². The molecule has 0 bridgehead atoms. The summed E-state index contributed by atoms with van der Waals surface area (Å²) >= 11 is 3.44. The SMILES string of the molecule is Cc1c(Br)cccc1/C=C(\F)B1OC(C)(C)C(C)(C)O1. The third kappa shape index (κ3) is 2.85. The molecule has 0 radical (unpaired) electrons. The molecule has 0 aromatic heterocycles. The summed E-state index contributed by atoms with van der Waals surface area (Å²) < 4.78 is 26.7. The van der Waals surface area contributed by atoms with E-state index in [2.05, 4.69) is 15.9 Å². The van der Waals surface area contributed by atoms with Crippen molar-refractivity contribution in [3.05, 3.63) is 39.5 Å². The van der Waals surface area contributed by atoms with Gasteiger partial charge in [0, 0.05) is 4.47 Å². The van der Waals surface area contributed by atoms with Crippen molar-refractivity contribution in [1.29, 1.82) is 0 Å². The summed E-state index contributed by atoms with van der Waals surface area (Å²) in [4.78, 5) is 0. The van der Waals surface area contributed by atoms with Crippen molar-refractivity contribution in [2.75, 3.05) is 0 Å². The van der Waals surface area contributed by atoms with Crippen LogP contribution in [0.2, 0.25) is 0 Å². The molecule has 0 amide bonds. The fourth-order valence-corrected chi connectivity index (χ4v) is 2.33. The lowest BCUT2D eigenvalue weighted by atomic mass is 9.86. The van der Waals surface area contributed by atoms with Crippen molar-refractivity contribution < 1.29 is 13.7 Å². The first-order chi connectivity index (χ1) is 9.14. The maximum absolute atomic E-state index is 14.4. The minimum absolute atomic E-state index is 0.412. The van der Waals surface area contributed by atoms with E-state index in [9.17, 15) is 4.39 Å². The van der Waals surface area contributed by atoms with E-state index in [0.717, 1.165) is 15.6 Å². The summed E-state index contributed by atoms with van der Waals surface area (Å²) in [6.45, 7) is 9.57. The maximum atomic E-state index is 14.4. The number of benzene rings is 1. The summed E-state index contributed by atoms with van der Waals surface area (Å²) in [5, 5.41) is 0. The van der Waals surface area contributed by atoms with Gasteiger partial charge >= 0.3 is 7.12 Å². The van der Waals surface area contributed by atoms with Crippen molar-refractivity contribution in [2.45, 2.75) is 45.8 Å². The Balaban J connectivity index is 2.27. The Hall–Kier alpha value is -0.645. The van der Waals surface area contributed by atoms with Crippen LogP contribution in [0, 0.1) is 6.92 Å². The normalized spacial score (nSPS) is 21.4. The quantitative estimate of drug-likeness (QED) is 0.726. The first kappa shape index (κ1) is 15.7. The molecule has 0 saturated carbocycles. The predicted molar refractivity (Wildman–Crippen MR) is 84.0 cm³/mol. The second kappa shape index (κ2) is 5.28. The summed E-state index contributed by atoms with van der Waals surface area (Å²) in [6, 6.07) is 5.67. The molecule has 0 atom stereocenters. The standard InChI is InChI=1S/C15H19BBrFO2/c1-10-11(7-6-8-12(10)17)9-13(18)16-19-14(2,3)15(4,5)20-16/h6-9H,1-5H3/b13-9-. The molecule has 0 spiro atoms. The molecule has 1 saturated heterocycles. The van der Waals surface area contributed by atoms with Gasteiger partial charge in [0.05, 0.1) is 11.2 Å². The van der Waals surface area contributed by atoms with E-state index < -0.39 is 24.0 Å². The van der Waals surface area contributed by atoms with Crippen molar-refractivity contribution >= 4 is 29.1 Å². The highest BCUT2D eigenvalue weighted by molar-refractivity contribution is 9.10. The van der Waals surface area contributed by atoms with Crippen LogP contribution in [0.4, 0.5) is 4.39 Å². The zero-order chi connectivity index (χ0) is 15.1. The van der Waals surface area contributed by atoms with Gasteiger partial charge in [0.2, 0.25) is 0 Å². The van der Waals surface area contributed by atoms with Crippen LogP contribution in [0.5, 0.6) is 0 Å². The molecule has 1 aromatic carbocycles. The highest BCUT2D eigenvalue weighted by Gasteiger charge is 2.53. The van der Waals surface area contributed by atoms with Crippen LogP contribution in [-0.2, 0) is 9.31 Å². The molecule has 1 aliphatic heterocycles. The van der Waals surface area contributed by atoms with Gasteiger partial charge in [0.25, 0.3) is 0 Å². The van der Waals surface area contributed by atoms with Crippen LogP contribution in [0.1, 0.15) is 38.8 Å². The molecule has 108 valence electrons. The van der Waals surface area contributed by atoms with Gasteiger partial charge in [-0.15, -0.1) is 0 Å². The minimum Gasteiger partial charge on any atom is -0.398 e. The monoisotopic (exact) mass is 340 g/mol. The van der Waals surface area contributed by atoms with Crippen LogP contribution in [-0.4, -0.2) is 18.3 Å². The molecule has 20 heavy (non-hydrogen) atoms. The smallest absolute Gasteiger partial charge is 0.398 e. The zero-order valence-corrected chi connectivity index (χ0v) is 14.0. The molecule has 0 aliphatic carbocycles. The second-order valence-corrected chi connectivity index (χ2v) is 6.93. The molecule has 1 fully saturated rings. The highest BCUT2D eigenvalue weighted by atomic mass is 79.9. The van der Waals surface area contributed by atoms with Gasteiger partial charge in [0.15, 0.2) is 0 Å². The van der Waals surface area contributed by atoms with E-state index in [1.54, 1.807) is 0 Å². The van der Waals surface area contributed by atoms with Crippen molar-refractivity contribution in [2.24, 2.45) is 0 Å². The lowest BCUT2D eigenvalue weighted by Gasteiger charge is -2.32. The molecule has 2 nitrogen and oxygen atoms in total. The third-order valence-electron chi connectivity index (χ3n) is 4.08. The van der Waals surface area contributed by atoms with Gasteiger partial charge in [-0.1, -0.05) is 28.1 Å². The Kier molecular flexibility index (Phi) is 4.16. The fourth-order valence-electron chi connectivity index (χ4n) is 1.95. The van der Waals surface area contributed by atoms with E-state index in [-0.39, 0.29) is 0 Å². The summed E-state index contributed by atoms with van der Waals surface area (Å²) in [5.74, 6) is 0. The Bertz CT molecular complexity index is 539. The second-order valence-electron chi connectivity index (χ2n) is 6.07. The molecular weight excluding hydrogens is 322 g/mol. The molecule has 1 aliphatic rings. The molecule has 2 rings (SSSR count). The number of hydrogen-bond acceptors (Lipinski definition) is 2. The van der Waals surface area contributed by atoms with Crippen molar-refractivity contribution in [1.82, 2.24) is 0 Å². The molecule has 0 N–H and O–H groups in total. The van der Waals surface area contributed by atoms with Crippen LogP contribution < -0.4 is 0 Å². The Morgan fingerprint density at radius 1 is 1.20 bits per heavy atom. The van der Waals surface area contributed by atoms with E-state index >= 15 is 0 Å². The van der Waals surface area contributed by atoms with E-state index in [4.69, 9.17) is 9.31 Å². The third-order valence-corrected chi connectivity index (χ3v) is 4.94. The van der Waals surface area contributed by atoms with Crippen LogP contribution in [0.15, 0.2) is 28.4 Å². The van der Waals surface area contributed by atoms with E-state index in [1.165, 1.54) is 6.08 Å². The van der Waals surface area contributed by atoms with Crippen molar-refractivity contribution in [3.63, 3.8) is 0 Å². The largest absolute Gasteiger partial charge is 0.525 e. The molecule has 0 unspecified atom stereocenters.